The molecule has 0 atom stereocenters. The molecule has 25 heavy (non-hydrogen) atoms. The van der Waals surface area contributed by atoms with Gasteiger partial charge in [0.15, 0.2) is 12.4 Å². The molecule has 0 saturated carbocycles. The second-order valence-electron chi connectivity index (χ2n) is 5.97. The normalized spacial score (nSPS) is 10.7. The average Bonchev–Trinajstić information content (AvgIpc) is 2.93. The SMILES string of the molecule is O=C(C[n+]1ccnc(-c2cc3cccccc-3c2)c1)c1ccccc1. The van der Waals surface area contributed by atoms with Crippen molar-refractivity contribution in [3.8, 4) is 22.4 Å². The van der Waals surface area contributed by atoms with Crippen molar-refractivity contribution in [2.45, 2.75) is 6.54 Å². The number of carbonyl (C=O) groups excluding carboxylic acids is 1. The van der Waals surface area contributed by atoms with Gasteiger partial charge < -0.3 is 0 Å². The van der Waals surface area contributed by atoms with Crippen molar-refractivity contribution >= 4 is 5.78 Å². The van der Waals surface area contributed by atoms with E-state index in [4.69, 9.17) is 0 Å². The molecule has 4 rings (SSSR count). The smallest absolute Gasteiger partial charge is 0.227 e. The Kier molecular flexibility index (Phi) is 4.05. The molecule has 0 fully saturated rings. The van der Waals surface area contributed by atoms with Gasteiger partial charge in [0.05, 0.1) is 6.20 Å². The molecule has 2 aromatic rings. The Bertz CT molecular complexity index is 965. The van der Waals surface area contributed by atoms with Crippen LogP contribution in [-0.4, -0.2) is 10.8 Å². The third-order valence-electron chi connectivity index (χ3n) is 4.21. The van der Waals surface area contributed by atoms with Crippen molar-refractivity contribution in [2.24, 2.45) is 0 Å². The van der Waals surface area contributed by atoms with Gasteiger partial charge in [-0.2, -0.15) is 4.57 Å². The topological polar surface area (TPSA) is 33.8 Å². The monoisotopic (exact) mass is 325 g/mol. The summed E-state index contributed by atoms with van der Waals surface area (Å²) in [5, 5.41) is 0. The molecule has 2 aliphatic carbocycles. The molecule has 0 saturated heterocycles. The zero-order valence-corrected chi connectivity index (χ0v) is 13.7. The quantitative estimate of drug-likeness (QED) is 0.419. The van der Waals surface area contributed by atoms with Gasteiger partial charge in [-0.15, -0.1) is 0 Å². The number of Topliss-reactive ketones (excluding diaryl/α,β-unsaturated/α-hetero) is 1. The Morgan fingerprint density at radius 3 is 2.16 bits per heavy atom. The first kappa shape index (κ1) is 15.2. The minimum absolute atomic E-state index is 0.0856. The van der Waals surface area contributed by atoms with Gasteiger partial charge in [0, 0.05) is 11.1 Å². The second kappa shape index (κ2) is 6.65. The first-order chi connectivity index (χ1) is 12.3. The molecular formula is C22H17N2O+. The van der Waals surface area contributed by atoms with Gasteiger partial charge >= 0.3 is 0 Å². The molecular weight excluding hydrogens is 308 g/mol. The highest BCUT2D eigenvalue weighted by Gasteiger charge is 2.15. The van der Waals surface area contributed by atoms with Crippen LogP contribution in [0.25, 0.3) is 22.4 Å². The molecule has 0 spiro atoms. The molecule has 120 valence electrons. The van der Waals surface area contributed by atoms with E-state index in [1.54, 1.807) is 6.20 Å². The highest BCUT2D eigenvalue weighted by molar-refractivity contribution is 5.94. The first-order valence-corrected chi connectivity index (χ1v) is 8.22. The van der Waals surface area contributed by atoms with Gasteiger partial charge in [0.1, 0.15) is 5.69 Å². The lowest BCUT2D eigenvalue weighted by atomic mass is 10.1. The molecule has 3 nitrogen and oxygen atoms in total. The van der Waals surface area contributed by atoms with E-state index in [0.29, 0.717) is 6.54 Å². The predicted molar refractivity (Wildman–Crippen MR) is 97.3 cm³/mol. The number of benzene rings is 1. The van der Waals surface area contributed by atoms with Crippen LogP contribution in [0.4, 0.5) is 0 Å². The molecule has 0 amide bonds. The van der Waals surface area contributed by atoms with Crippen molar-refractivity contribution in [3.63, 3.8) is 0 Å². The van der Waals surface area contributed by atoms with Crippen LogP contribution in [0.3, 0.4) is 0 Å². The van der Waals surface area contributed by atoms with Crippen molar-refractivity contribution in [1.82, 2.24) is 4.98 Å². The lowest BCUT2D eigenvalue weighted by molar-refractivity contribution is -0.683. The Morgan fingerprint density at radius 2 is 1.48 bits per heavy atom. The summed E-state index contributed by atoms with van der Waals surface area (Å²) in [7, 11) is 0. The van der Waals surface area contributed by atoms with Gasteiger partial charge in [-0.1, -0.05) is 60.7 Å². The summed E-state index contributed by atoms with van der Waals surface area (Å²) >= 11 is 0. The fourth-order valence-electron chi connectivity index (χ4n) is 2.92. The van der Waals surface area contributed by atoms with E-state index in [2.05, 4.69) is 29.2 Å². The molecule has 0 bridgehead atoms. The van der Waals surface area contributed by atoms with Crippen LogP contribution < -0.4 is 4.57 Å². The predicted octanol–water partition coefficient (Wildman–Crippen LogP) is 4.02. The molecule has 0 aliphatic heterocycles. The number of hydrogen-bond acceptors (Lipinski definition) is 2. The number of aromatic nitrogens is 2. The molecule has 0 N–H and O–H groups in total. The third kappa shape index (κ3) is 3.31. The maximum atomic E-state index is 12.4. The highest BCUT2D eigenvalue weighted by Crippen LogP contribution is 2.29. The lowest BCUT2D eigenvalue weighted by Gasteiger charge is -1.99. The van der Waals surface area contributed by atoms with Crippen LogP contribution in [0, 0.1) is 0 Å². The van der Waals surface area contributed by atoms with Crippen LogP contribution in [0.15, 0.2) is 91.4 Å². The fourth-order valence-corrected chi connectivity index (χ4v) is 2.92. The molecule has 0 radical (unpaired) electrons. The van der Waals surface area contributed by atoms with E-state index in [1.165, 1.54) is 11.1 Å². The standard InChI is InChI=1S/C22H17N2O/c25-22(17-7-3-1-4-8-17)16-24-12-11-23-21(15-24)20-13-18-9-5-2-6-10-19(18)14-20/h1-15H,16H2/q+1. The summed E-state index contributed by atoms with van der Waals surface area (Å²) in [5.41, 5.74) is 5.00. The largest absolute Gasteiger partial charge is 0.287 e. The van der Waals surface area contributed by atoms with E-state index < -0.39 is 0 Å². The van der Waals surface area contributed by atoms with Crippen LogP contribution in [0.1, 0.15) is 10.4 Å². The zero-order valence-electron chi connectivity index (χ0n) is 13.7. The van der Waals surface area contributed by atoms with Crippen molar-refractivity contribution in [2.75, 3.05) is 0 Å². The van der Waals surface area contributed by atoms with Crippen LogP contribution in [0.5, 0.6) is 0 Å². The Hall–Kier alpha value is -3.33. The number of carbonyl (C=O) groups is 1. The molecule has 1 aromatic heterocycles. The Balaban J connectivity index is 1.63. The molecule has 1 aromatic carbocycles. The van der Waals surface area contributed by atoms with Crippen LogP contribution in [0.2, 0.25) is 0 Å². The number of fused-ring (bicyclic) bond motifs is 1. The summed E-state index contributed by atoms with van der Waals surface area (Å²) in [6, 6.07) is 23.9. The zero-order chi connectivity index (χ0) is 17.1. The molecule has 3 heteroatoms. The number of nitrogens with zero attached hydrogens (tertiary/aromatic N) is 2. The minimum Gasteiger partial charge on any atom is -0.287 e. The van der Waals surface area contributed by atoms with Crippen molar-refractivity contribution in [3.05, 3.63) is 97.0 Å². The lowest BCUT2D eigenvalue weighted by Crippen LogP contribution is -2.37. The van der Waals surface area contributed by atoms with Gasteiger partial charge in [0.25, 0.3) is 0 Å². The van der Waals surface area contributed by atoms with E-state index in [9.17, 15) is 4.79 Å². The summed E-state index contributed by atoms with van der Waals surface area (Å²) < 4.78 is 1.88. The molecule has 2 aliphatic rings. The summed E-state index contributed by atoms with van der Waals surface area (Å²) in [6.45, 7) is 0.300. The summed E-state index contributed by atoms with van der Waals surface area (Å²) in [5.74, 6) is 0.0856. The highest BCUT2D eigenvalue weighted by atomic mass is 16.1. The maximum absolute atomic E-state index is 12.4. The van der Waals surface area contributed by atoms with Gasteiger partial charge in [-0.05, 0) is 23.3 Å². The van der Waals surface area contributed by atoms with Crippen LogP contribution in [-0.2, 0) is 6.54 Å². The summed E-state index contributed by atoms with van der Waals surface area (Å²) in [6.07, 6.45) is 5.49. The van der Waals surface area contributed by atoms with Crippen molar-refractivity contribution < 1.29 is 9.36 Å². The second-order valence-corrected chi connectivity index (χ2v) is 5.97. The van der Waals surface area contributed by atoms with E-state index in [0.717, 1.165) is 16.8 Å². The summed E-state index contributed by atoms with van der Waals surface area (Å²) in [4.78, 5) is 16.9. The first-order valence-electron chi connectivity index (χ1n) is 8.22. The van der Waals surface area contributed by atoms with Gasteiger partial charge in [-0.25, -0.2) is 4.98 Å². The van der Waals surface area contributed by atoms with E-state index >= 15 is 0 Å². The number of rotatable bonds is 4. The maximum Gasteiger partial charge on any atom is 0.227 e. The van der Waals surface area contributed by atoms with Crippen LogP contribution >= 0.6 is 0 Å². The van der Waals surface area contributed by atoms with E-state index in [-0.39, 0.29) is 5.78 Å². The van der Waals surface area contributed by atoms with Gasteiger partial charge in [0.2, 0.25) is 12.3 Å². The third-order valence-corrected chi connectivity index (χ3v) is 4.21. The van der Waals surface area contributed by atoms with E-state index in [1.807, 2.05) is 65.5 Å². The van der Waals surface area contributed by atoms with Gasteiger partial charge in [-0.3, -0.25) is 4.79 Å². The molecule has 0 unspecified atom stereocenters. The number of ketones is 1. The number of hydrogen-bond donors (Lipinski definition) is 0. The average molecular weight is 325 g/mol. The van der Waals surface area contributed by atoms with Crippen molar-refractivity contribution in [1.29, 1.82) is 0 Å². The minimum atomic E-state index is 0.0856. The fraction of sp³-hybridized carbons (Fsp3) is 0.0455. The molecule has 1 heterocycles. The Morgan fingerprint density at radius 1 is 0.840 bits per heavy atom. The Labute approximate surface area is 146 Å².